The van der Waals surface area contributed by atoms with Gasteiger partial charge in [-0.1, -0.05) is 36.9 Å². The molecule has 1 saturated heterocycles. The average molecular weight is 257 g/mol. The van der Waals surface area contributed by atoms with Gasteiger partial charge in [-0.15, -0.1) is 0 Å². The third-order valence-corrected chi connectivity index (χ3v) is 4.56. The molecule has 2 rings (SSSR count). The molecule has 17 heavy (non-hydrogen) atoms. The van der Waals surface area contributed by atoms with Gasteiger partial charge in [0, 0.05) is 37.3 Å². The number of rotatable bonds is 3. The van der Waals surface area contributed by atoms with Gasteiger partial charge in [0.05, 0.1) is 0 Å². The minimum atomic E-state index is 0.628. The highest BCUT2D eigenvalue weighted by Crippen LogP contribution is 2.28. The Kier molecular flexibility index (Phi) is 5.33. The van der Waals surface area contributed by atoms with Gasteiger partial charge in [-0.25, -0.2) is 0 Å². The summed E-state index contributed by atoms with van der Waals surface area (Å²) in [6.45, 7) is 5.60. The number of halogens is 1. The fourth-order valence-corrected chi connectivity index (χ4v) is 3.31. The van der Waals surface area contributed by atoms with Crippen molar-refractivity contribution in [3.05, 3.63) is 11.6 Å². The highest BCUT2D eigenvalue weighted by molar-refractivity contribution is 6.25. The molecule has 1 aliphatic heterocycles. The molecule has 1 saturated carbocycles. The smallest absolute Gasteiger partial charge is 0.0224 e. The summed E-state index contributed by atoms with van der Waals surface area (Å²) in [5.41, 5.74) is 1.64. The number of piperazine rings is 1. The summed E-state index contributed by atoms with van der Waals surface area (Å²) in [4.78, 5) is 2.55. The zero-order valence-electron chi connectivity index (χ0n) is 10.9. The average Bonchev–Trinajstić information content (AvgIpc) is 2.39. The van der Waals surface area contributed by atoms with Crippen LogP contribution < -0.4 is 5.32 Å². The summed E-state index contributed by atoms with van der Waals surface area (Å²) >= 11 is 5.63. The van der Waals surface area contributed by atoms with Crippen LogP contribution in [0.4, 0.5) is 0 Å². The van der Waals surface area contributed by atoms with E-state index >= 15 is 0 Å². The van der Waals surface area contributed by atoms with Crippen molar-refractivity contribution >= 4 is 11.6 Å². The van der Waals surface area contributed by atoms with Crippen molar-refractivity contribution in [3.8, 4) is 0 Å². The predicted octanol–water partition coefficient (Wildman–Crippen LogP) is 2.98. The number of nitrogens with zero attached hydrogens (tertiary/aromatic N) is 1. The molecular formula is C14H25ClN2. The molecule has 3 heteroatoms. The van der Waals surface area contributed by atoms with E-state index in [2.05, 4.69) is 23.2 Å². The maximum Gasteiger partial charge on any atom is 0.0224 e. The SMILES string of the molecule is CC1CNC(C2CCCCC2)CN1C/C=C/Cl. The molecule has 1 N–H and O–H groups in total. The van der Waals surface area contributed by atoms with Crippen LogP contribution in [0.5, 0.6) is 0 Å². The third-order valence-electron chi connectivity index (χ3n) is 4.38. The van der Waals surface area contributed by atoms with Gasteiger partial charge in [0.25, 0.3) is 0 Å². The van der Waals surface area contributed by atoms with E-state index in [0.29, 0.717) is 12.1 Å². The van der Waals surface area contributed by atoms with Crippen molar-refractivity contribution < 1.29 is 0 Å². The van der Waals surface area contributed by atoms with E-state index in [1.54, 1.807) is 5.54 Å². The Morgan fingerprint density at radius 1 is 1.29 bits per heavy atom. The van der Waals surface area contributed by atoms with E-state index in [9.17, 15) is 0 Å². The lowest BCUT2D eigenvalue weighted by atomic mass is 9.82. The fraction of sp³-hybridized carbons (Fsp3) is 0.857. The van der Waals surface area contributed by atoms with E-state index in [4.69, 9.17) is 11.6 Å². The van der Waals surface area contributed by atoms with Crippen molar-refractivity contribution in [2.75, 3.05) is 19.6 Å². The molecule has 2 nitrogen and oxygen atoms in total. The number of nitrogens with one attached hydrogen (secondary N) is 1. The van der Waals surface area contributed by atoms with Crippen LogP contribution in [0.3, 0.4) is 0 Å². The highest BCUT2D eigenvalue weighted by atomic mass is 35.5. The molecule has 0 bridgehead atoms. The van der Waals surface area contributed by atoms with Crippen LogP contribution in [0.15, 0.2) is 11.6 Å². The highest BCUT2D eigenvalue weighted by Gasteiger charge is 2.30. The van der Waals surface area contributed by atoms with Gasteiger partial charge >= 0.3 is 0 Å². The molecule has 0 radical (unpaired) electrons. The second kappa shape index (κ2) is 6.77. The quantitative estimate of drug-likeness (QED) is 0.835. The Morgan fingerprint density at radius 3 is 2.76 bits per heavy atom. The number of hydrogen-bond acceptors (Lipinski definition) is 2. The van der Waals surface area contributed by atoms with Gasteiger partial charge in [-0.2, -0.15) is 0 Å². The molecule has 0 spiro atoms. The lowest BCUT2D eigenvalue weighted by molar-refractivity contribution is 0.115. The molecule has 98 valence electrons. The Balaban J connectivity index is 1.87. The van der Waals surface area contributed by atoms with Gasteiger partial charge in [-0.3, -0.25) is 4.90 Å². The topological polar surface area (TPSA) is 15.3 Å². The van der Waals surface area contributed by atoms with Crippen LogP contribution in [0.2, 0.25) is 0 Å². The molecule has 0 aromatic carbocycles. The Morgan fingerprint density at radius 2 is 2.06 bits per heavy atom. The van der Waals surface area contributed by atoms with Gasteiger partial charge < -0.3 is 5.32 Å². The van der Waals surface area contributed by atoms with Crippen molar-refractivity contribution in [1.29, 1.82) is 0 Å². The lowest BCUT2D eigenvalue weighted by Crippen LogP contribution is -2.57. The van der Waals surface area contributed by atoms with Crippen LogP contribution in [0, 0.1) is 5.92 Å². The lowest BCUT2D eigenvalue weighted by Gasteiger charge is -2.42. The van der Waals surface area contributed by atoms with Crippen LogP contribution in [-0.2, 0) is 0 Å². The largest absolute Gasteiger partial charge is 0.311 e. The predicted molar refractivity (Wildman–Crippen MR) is 74.4 cm³/mol. The standard InChI is InChI=1S/C14H25ClN2/c1-12-10-16-14(11-17(12)9-5-8-15)13-6-3-2-4-7-13/h5,8,12-14,16H,2-4,6-7,9-11H2,1H3/b8-5+. The normalized spacial score (nSPS) is 33.3. The first-order chi connectivity index (χ1) is 8.31. The van der Waals surface area contributed by atoms with Gasteiger partial charge in [0.2, 0.25) is 0 Å². The summed E-state index contributed by atoms with van der Waals surface area (Å²) in [7, 11) is 0. The molecule has 0 aromatic rings. The zero-order valence-corrected chi connectivity index (χ0v) is 11.6. The van der Waals surface area contributed by atoms with E-state index in [0.717, 1.165) is 19.0 Å². The first-order valence-electron chi connectivity index (χ1n) is 7.04. The maximum atomic E-state index is 5.63. The first kappa shape index (κ1) is 13.4. The molecule has 1 heterocycles. The molecule has 0 amide bonds. The van der Waals surface area contributed by atoms with Crippen LogP contribution in [-0.4, -0.2) is 36.6 Å². The van der Waals surface area contributed by atoms with E-state index < -0.39 is 0 Å². The van der Waals surface area contributed by atoms with E-state index in [-0.39, 0.29) is 0 Å². The van der Waals surface area contributed by atoms with Crippen LogP contribution >= 0.6 is 11.6 Å². The maximum absolute atomic E-state index is 5.63. The second-order valence-electron chi connectivity index (χ2n) is 5.58. The minimum Gasteiger partial charge on any atom is -0.311 e. The number of hydrogen-bond donors (Lipinski definition) is 1. The molecule has 1 aliphatic carbocycles. The molecule has 2 aliphatic rings. The summed E-state index contributed by atoms with van der Waals surface area (Å²) in [6.07, 6.45) is 9.20. The van der Waals surface area contributed by atoms with Gasteiger partial charge in [-0.05, 0) is 25.7 Å². The Labute approximate surface area is 110 Å². The summed E-state index contributed by atoms with van der Waals surface area (Å²) in [5.74, 6) is 0.902. The van der Waals surface area contributed by atoms with Crippen molar-refractivity contribution in [3.63, 3.8) is 0 Å². The van der Waals surface area contributed by atoms with Gasteiger partial charge in [0.1, 0.15) is 0 Å². The van der Waals surface area contributed by atoms with E-state index in [1.807, 2.05) is 0 Å². The molecule has 2 fully saturated rings. The van der Waals surface area contributed by atoms with Gasteiger partial charge in [0.15, 0.2) is 0 Å². The molecular weight excluding hydrogens is 232 g/mol. The van der Waals surface area contributed by atoms with Crippen molar-refractivity contribution in [2.45, 2.75) is 51.1 Å². The third kappa shape index (κ3) is 3.70. The second-order valence-corrected chi connectivity index (χ2v) is 5.83. The molecule has 2 unspecified atom stereocenters. The van der Waals surface area contributed by atoms with E-state index in [1.165, 1.54) is 38.6 Å². The molecule has 0 aromatic heterocycles. The van der Waals surface area contributed by atoms with Crippen molar-refractivity contribution in [2.24, 2.45) is 5.92 Å². The minimum absolute atomic E-state index is 0.628. The Bertz CT molecular complexity index is 249. The van der Waals surface area contributed by atoms with Crippen molar-refractivity contribution in [1.82, 2.24) is 10.2 Å². The Hall–Kier alpha value is -0.0500. The van der Waals surface area contributed by atoms with Crippen LogP contribution in [0.25, 0.3) is 0 Å². The van der Waals surface area contributed by atoms with Crippen LogP contribution in [0.1, 0.15) is 39.0 Å². The zero-order chi connectivity index (χ0) is 12.1. The molecule has 2 atom stereocenters. The summed E-state index contributed by atoms with van der Waals surface area (Å²) in [5, 5.41) is 3.75. The summed E-state index contributed by atoms with van der Waals surface area (Å²) in [6, 6.07) is 1.33. The fourth-order valence-electron chi connectivity index (χ4n) is 3.23. The summed E-state index contributed by atoms with van der Waals surface area (Å²) < 4.78 is 0. The monoisotopic (exact) mass is 256 g/mol. The first-order valence-corrected chi connectivity index (χ1v) is 7.47.